The van der Waals surface area contributed by atoms with Crippen molar-refractivity contribution in [3.63, 3.8) is 0 Å². The molecule has 0 fully saturated rings. The smallest absolute Gasteiger partial charge is 0.271 e. The van der Waals surface area contributed by atoms with Gasteiger partial charge in [-0.05, 0) is 26.0 Å². The van der Waals surface area contributed by atoms with Gasteiger partial charge < -0.3 is 0 Å². The summed E-state index contributed by atoms with van der Waals surface area (Å²) in [5.41, 5.74) is 1.46. The van der Waals surface area contributed by atoms with Crippen LogP contribution >= 0.6 is 0 Å². The third kappa shape index (κ3) is 2.08. The molecular weight excluding hydrogens is 240 g/mol. The molecule has 2 rings (SSSR count). The highest BCUT2D eigenvalue weighted by Crippen LogP contribution is 2.21. The zero-order chi connectivity index (χ0) is 12.6. The standard InChI is InChI=1S/C11H12N2O3S/c1-8-3-5-10(6-4-8)17(15,16)13-11(14)7-9(2)12-13/h3-6H,7H2,1-2H3. The minimum absolute atomic E-state index is 0.0606. The highest BCUT2D eigenvalue weighted by molar-refractivity contribution is 7.89. The summed E-state index contributed by atoms with van der Waals surface area (Å²) >= 11 is 0. The lowest BCUT2D eigenvalue weighted by Crippen LogP contribution is -2.28. The van der Waals surface area contributed by atoms with E-state index in [1.165, 1.54) is 12.1 Å². The number of aryl methyl sites for hydroxylation is 1. The molecular formula is C11H12N2O3S. The molecule has 1 heterocycles. The number of hydrogen-bond donors (Lipinski definition) is 0. The maximum absolute atomic E-state index is 12.1. The van der Waals surface area contributed by atoms with Gasteiger partial charge in [-0.15, -0.1) is 4.41 Å². The van der Waals surface area contributed by atoms with Gasteiger partial charge in [-0.2, -0.15) is 13.5 Å². The molecule has 0 N–H and O–H groups in total. The van der Waals surface area contributed by atoms with Gasteiger partial charge in [-0.3, -0.25) is 4.79 Å². The predicted octanol–water partition coefficient (Wildman–Crippen LogP) is 1.29. The largest absolute Gasteiger partial charge is 0.286 e. The SMILES string of the molecule is CC1=NN(S(=O)(=O)c2ccc(C)cc2)C(=O)C1. The zero-order valence-corrected chi connectivity index (χ0v) is 10.4. The van der Waals surface area contributed by atoms with Crippen LogP contribution in [0.2, 0.25) is 0 Å². The van der Waals surface area contributed by atoms with Crippen molar-refractivity contribution in [1.82, 2.24) is 4.41 Å². The minimum Gasteiger partial charge on any atom is -0.271 e. The Morgan fingerprint density at radius 1 is 1.18 bits per heavy atom. The molecule has 0 spiro atoms. The summed E-state index contributed by atoms with van der Waals surface area (Å²) < 4.78 is 24.8. The number of carbonyl (C=O) groups is 1. The van der Waals surface area contributed by atoms with E-state index in [2.05, 4.69) is 5.10 Å². The van der Waals surface area contributed by atoms with E-state index >= 15 is 0 Å². The van der Waals surface area contributed by atoms with Crippen molar-refractivity contribution >= 4 is 21.6 Å². The summed E-state index contributed by atoms with van der Waals surface area (Å²) in [5, 5.41) is 3.75. The first-order chi connectivity index (χ1) is 7.91. The number of hydrazone groups is 1. The van der Waals surface area contributed by atoms with Crippen molar-refractivity contribution in [3.8, 4) is 0 Å². The Labute approximate surface area is 99.8 Å². The van der Waals surface area contributed by atoms with Gasteiger partial charge in [0.15, 0.2) is 0 Å². The molecule has 0 saturated heterocycles. The van der Waals surface area contributed by atoms with Gasteiger partial charge in [-0.1, -0.05) is 17.7 Å². The zero-order valence-electron chi connectivity index (χ0n) is 9.54. The Morgan fingerprint density at radius 3 is 2.24 bits per heavy atom. The second kappa shape index (κ2) is 3.96. The van der Waals surface area contributed by atoms with Crippen molar-refractivity contribution < 1.29 is 13.2 Å². The molecule has 90 valence electrons. The van der Waals surface area contributed by atoms with E-state index in [4.69, 9.17) is 0 Å². The molecule has 1 amide bonds. The molecule has 0 aromatic heterocycles. The highest BCUT2D eigenvalue weighted by Gasteiger charge is 2.33. The van der Waals surface area contributed by atoms with Gasteiger partial charge in [0, 0.05) is 5.71 Å². The Kier molecular flexibility index (Phi) is 2.74. The van der Waals surface area contributed by atoms with Gasteiger partial charge in [0.25, 0.3) is 15.9 Å². The van der Waals surface area contributed by atoms with Crippen LogP contribution in [-0.4, -0.2) is 24.5 Å². The van der Waals surface area contributed by atoms with E-state index in [9.17, 15) is 13.2 Å². The number of rotatable bonds is 2. The highest BCUT2D eigenvalue weighted by atomic mass is 32.2. The molecule has 0 bridgehead atoms. The summed E-state index contributed by atoms with van der Waals surface area (Å²) in [6, 6.07) is 6.32. The monoisotopic (exact) mass is 252 g/mol. The van der Waals surface area contributed by atoms with Gasteiger partial charge in [-0.25, -0.2) is 0 Å². The van der Waals surface area contributed by atoms with E-state index in [-0.39, 0.29) is 11.3 Å². The van der Waals surface area contributed by atoms with Crippen LogP contribution in [0.4, 0.5) is 0 Å². The number of amides is 1. The maximum atomic E-state index is 12.1. The Hall–Kier alpha value is -1.69. The molecule has 5 nitrogen and oxygen atoms in total. The third-order valence-electron chi connectivity index (χ3n) is 2.43. The summed E-state index contributed by atoms with van der Waals surface area (Å²) in [7, 11) is -3.84. The summed E-state index contributed by atoms with van der Waals surface area (Å²) in [4.78, 5) is 11.6. The average Bonchev–Trinajstić information content (AvgIpc) is 2.59. The van der Waals surface area contributed by atoms with E-state index in [0.29, 0.717) is 10.1 Å². The van der Waals surface area contributed by atoms with Crippen LogP contribution in [0, 0.1) is 6.92 Å². The molecule has 1 aromatic carbocycles. The summed E-state index contributed by atoms with van der Waals surface area (Å²) in [6.45, 7) is 3.49. The Balaban J connectivity index is 2.44. The normalized spacial score (nSPS) is 16.2. The van der Waals surface area contributed by atoms with Gasteiger partial charge in [0.2, 0.25) is 0 Å². The van der Waals surface area contributed by atoms with Crippen LogP contribution in [-0.2, 0) is 14.8 Å². The van der Waals surface area contributed by atoms with E-state index in [1.807, 2.05) is 6.92 Å². The number of hydrogen-bond acceptors (Lipinski definition) is 4. The maximum Gasteiger partial charge on any atom is 0.286 e. The third-order valence-corrected chi connectivity index (χ3v) is 4.04. The molecule has 1 aliphatic heterocycles. The fourth-order valence-corrected chi connectivity index (χ4v) is 2.79. The summed E-state index contributed by atoms with van der Waals surface area (Å²) in [6.07, 6.45) is 0.0606. The van der Waals surface area contributed by atoms with Crippen molar-refractivity contribution in [2.24, 2.45) is 5.10 Å². The second-order valence-corrected chi connectivity index (χ2v) is 5.73. The number of nitrogens with zero attached hydrogens (tertiary/aromatic N) is 2. The lowest BCUT2D eigenvalue weighted by molar-refractivity contribution is -0.124. The van der Waals surface area contributed by atoms with Crippen LogP contribution in [0.25, 0.3) is 0 Å². The number of carbonyl (C=O) groups excluding carboxylic acids is 1. The average molecular weight is 252 g/mol. The van der Waals surface area contributed by atoms with Crippen LogP contribution in [0.15, 0.2) is 34.3 Å². The Morgan fingerprint density at radius 2 is 1.76 bits per heavy atom. The minimum atomic E-state index is -3.84. The Bertz CT molecular complexity index is 588. The first-order valence-corrected chi connectivity index (χ1v) is 6.54. The van der Waals surface area contributed by atoms with Crippen molar-refractivity contribution in [3.05, 3.63) is 29.8 Å². The number of benzene rings is 1. The van der Waals surface area contributed by atoms with Crippen LogP contribution < -0.4 is 0 Å². The first-order valence-electron chi connectivity index (χ1n) is 5.10. The van der Waals surface area contributed by atoms with Crippen molar-refractivity contribution in [1.29, 1.82) is 0 Å². The van der Waals surface area contributed by atoms with E-state index in [0.717, 1.165) is 5.56 Å². The van der Waals surface area contributed by atoms with E-state index in [1.54, 1.807) is 19.1 Å². The van der Waals surface area contributed by atoms with Gasteiger partial charge in [0.05, 0.1) is 11.3 Å². The molecule has 0 aliphatic carbocycles. The fourth-order valence-electron chi connectivity index (χ4n) is 1.53. The quantitative estimate of drug-likeness (QED) is 0.796. The molecule has 0 saturated carbocycles. The van der Waals surface area contributed by atoms with Gasteiger partial charge in [0.1, 0.15) is 0 Å². The van der Waals surface area contributed by atoms with E-state index < -0.39 is 15.9 Å². The summed E-state index contributed by atoms with van der Waals surface area (Å²) in [5.74, 6) is -0.511. The first kappa shape index (κ1) is 11.8. The molecule has 17 heavy (non-hydrogen) atoms. The molecule has 0 unspecified atom stereocenters. The van der Waals surface area contributed by atoms with Crippen LogP contribution in [0.3, 0.4) is 0 Å². The predicted molar refractivity (Wildman–Crippen MR) is 62.9 cm³/mol. The van der Waals surface area contributed by atoms with Crippen molar-refractivity contribution in [2.75, 3.05) is 0 Å². The lowest BCUT2D eigenvalue weighted by Gasteiger charge is -2.12. The molecule has 1 aromatic rings. The lowest BCUT2D eigenvalue weighted by atomic mass is 10.2. The van der Waals surface area contributed by atoms with Gasteiger partial charge >= 0.3 is 0 Å². The van der Waals surface area contributed by atoms with Crippen LogP contribution in [0.5, 0.6) is 0 Å². The molecule has 1 aliphatic rings. The molecule has 6 heteroatoms. The number of sulfonamides is 1. The molecule has 0 atom stereocenters. The second-order valence-electron chi connectivity index (χ2n) is 3.97. The van der Waals surface area contributed by atoms with Crippen LogP contribution in [0.1, 0.15) is 18.9 Å². The topological polar surface area (TPSA) is 66.8 Å². The molecule has 0 radical (unpaired) electrons. The van der Waals surface area contributed by atoms with Crippen molar-refractivity contribution in [2.45, 2.75) is 25.2 Å². The fraction of sp³-hybridized carbons (Fsp3) is 0.273.